The summed E-state index contributed by atoms with van der Waals surface area (Å²) in [6, 6.07) is 19.3. The largest absolute Gasteiger partial charge is 0.145 e. The lowest BCUT2D eigenvalue weighted by Gasteiger charge is -2.26. The third-order valence-corrected chi connectivity index (χ3v) is 5.64. The van der Waals surface area contributed by atoms with Crippen molar-refractivity contribution >= 4 is 25.5 Å². The van der Waals surface area contributed by atoms with Crippen molar-refractivity contribution in [1.82, 2.24) is 0 Å². The Balaban J connectivity index is 2.24. The summed E-state index contributed by atoms with van der Waals surface area (Å²) in [5.74, 6) is 0. The van der Waals surface area contributed by atoms with Crippen LogP contribution in [0.15, 0.2) is 59.5 Å². The molecule has 0 aromatic heterocycles. The average molecular weight is 289 g/mol. The predicted octanol–water partition coefficient (Wildman–Crippen LogP) is 5.22. The van der Waals surface area contributed by atoms with E-state index in [1.807, 2.05) is 0 Å². The second-order valence-electron chi connectivity index (χ2n) is 5.20. The van der Waals surface area contributed by atoms with Gasteiger partial charge in [0.1, 0.15) is 0 Å². The van der Waals surface area contributed by atoms with Crippen LogP contribution in [0.4, 0.5) is 0 Å². The molecule has 2 aromatic carbocycles. The van der Waals surface area contributed by atoms with Gasteiger partial charge in [-0.2, -0.15) is 0 Å². The molecule has 0 bridgehead atoms. The number of fused-ring (bicyclic) bond motifs is 1. The van der Waals surface area contributed by atoms with Crippen molar-refractivity contribution in [1.29, 1.82) is 0 Å². The van der Waals surface area contributed by atoms with Gasteiger partial charge in [0.05, 0.1) is 0 Å². The molecule has 0 amide bonds. The van der Waals surface area contributed by atoms with Gasteiger partial charge in [0.15, 0.2) is 0 Å². The third-order valence-electron chi connectivity index (χ3n) is 3.56. The Bertz CT molecular complexity index is 636. The normalized spacial score (nSPS) is 15.5. The molecule has 3 rings (SSSR count). The zero-order chi connectivity index (χ0) is 13.5. The van der Waals surface area contributed by atoms with E-state index in [0.717, 1.165) is 6.42 Å². The molecule has 1 aliphatic carbocycles. The lowest BCUT2D eigenvalue weighted by Crippen LogP contribution is -1.94. The second kappa shape index (κ2) is 4.73. The Morgan fingerprint density at radius 2 is 1.53 bits per heavy atom. The quantitative estimate of drug-likeness (QED) is 0.711. The molecule has 0 saturated carbocycles. The van der Waals surface area contributed by atoms with Gasteiger partial charge in [-0.3, -0.25) is 0 Å². The number of rotatable bonds is 2. The van der Waals surface area contributed by atoms with Crippen LogP contribution in [0.5, 0.6) is 0 Å². The van der Waals surface area contributed by atoms with Gasteiger partial charge in [-0.25, -0.2) is 0 Å². The fourth-order valence-electron chi connectivity index (χ4n) is 2.67. The highest BCUT2D eigenvalue weighted by molar-refractivity contribution is 8.53. The maximum Gasteiger partial charge on any atom is 0.00424 e. The van der Waals surface area contributed by atoms with Gasteiger partial charge < -0.3 is 0 Å². The monoisotopic (exact) mass is 288 g/mol. The third kappa shape index (κ3) is 2.33. The molecule has 0 atom stereocenters. The second-order valence-corrected chi connectivity index (χ2v) is 10.4. The van der Waals surface area contributed by atoms with Gasteiger partial charge in [0, 0.05) is 6.42 Å². The van der Waals surface area contributed by atoms with Crippen molar-refractivity contribution < 1.29 is 0 Å². The highest BCUT2D eigenvalue weighted by atomic mass is 35.7. The molecule has 0 saturated heterocycles. The molecule has 2 aromatic rings. The Labute approximate surface area is 120 Å². The first-order chi connectivity index (χ1) is 9.07. The molecule has 0 heterocycles. The molecule has 0 spiro atoms. The van der Waals surface area contributed by atoms with Crippen molar-refractivity contribution in [2.24, 2.45) is 0 Å². The molecule has 0 nitrogen and oxygen atoms in total. The predicted molar refractivity (Wildman–Crippen MR) is 87.9 cm³/mol. The van der Waals surface area contributed by atoms with E-state index < -0.39 is 9.24 Å². The van der Waals surface area contributed by atoms with Crippen LogP contribution >= 0.6 is 19.9 Å². The minimum absolute atomic E-state index is 0.992. The number of hydrogen-bond acceptors (Lipinski definition) is 0. The molecular weight excluding hydrogens is 272 g/mol. The van der Waals surface area contributed by atoms with E-state index in [9.17, 15) is 0 Å². The molecule has 0 aliphatic heterocycles. The van der Waals surface area contributed by atoms with Crippen molar-refractivity contribution in [3.05, 3.63) is 76.2 Å². The van der Waals surface area contributed by atoms with E-state index in [2.05, 4.69) is 67.1 Å². The minimum atomic E-state index is -1.22. The van der Waals surface area contributed by atoms with Crippen LogP contribution in [-0.4, -0.2) is 12.5 Å². The van der Waals surface area contributed by atoms with Crippen LogP contribution in [0.3, 0.4) is 0 Å². The first-order valence-corrected chi connectivity index (χ1v) is 9.65. The molecule has 1 aliphatic rings. The lowest BCUT2D eigenvalue weighted by molar-refractivity contribution is 1.29. The van der Waals surface area contributed by atoms with E-state index >= 15 is 0 Å². The number of allylic oxidation sites excluding steroid dienone is 1. The Morgan fingerprint density at radius 3 is 2.21 bits per heavy atom. The van der Waals surface area contributed by atoms with E-state index in [1.54, 1.807) is 0 Å². The van der Waals surface area contributed by atoms with Crippen molar-refractivity contribution in [3.63, 3.8) is 0 Å². The summed E-state index contributed by atoms with van der Waals surface area (Å²) in [5, 5.41) is 0. The summed E-state index contributed by atoms with van der Waals surface area (Å²) in [6.45, 7) is 0. The van der Waals surface area contributed by atoms with Gasteiger partial charge in [-0.15, -0.1) is 9.24 Å². The standard InChI is InChI=1S/C17H17ClS/c1-19(2,18)16-12-14-10-6-7-11-15(14)17(16)13-8-4-3-5-9-13/h3-11H,12H2,1-2H3. The number of benzene rings is 2. The highest BCUT2D eigenvalue weighted by Gasteiger charge is 2.28. The van der Waals surface area contributed by atoms with E-state index in [-0.39, 0.29) is 0 Å². The van der Waals surface area contributed by atoms with Crippen LogP contribution in [0.1, 0.15) is 16.7 Å². The van der Waals surface area contributed by atoms with Crippen LogP contribution in [0.2, 0.25) is 0 Å². The van der Waals surface area contributed by atoms with E-state index in [0.29, 0.717) is 0 Å². The fourth-order valence-corrected chi connectivity index (χ4v) is 4.27. The topological polar surface area (TPSA) is 0 Å². The molecule has 2 heteroatoms. The van der Waals surface area contributed by atoms with Crippen molar-refractivity contribution in [2.75, 3.05) is 12.5 Å². The van der Waals surface area contributed by atoms with Crippen LogP contribution in [0, 0.1) is 0 Å². The van der Waals surface area contributed by atoms with Gasteiger partial charge in [0.25, 0.3) is 0 Å². The highest BCUT2D eigenvalue weighted by Crippen LogP contribution is 2.60. The number of hydrogen-bond donors (Lipinski definition) is 0. The van der Waals surface area contributed by atoms with E-state index in [1.165, 1.54) is 27.2 Å². The first kappa shape index (κ1) is 12.8. The van der Waals surface area contributed by atoms with Crippen molar-refractivity contribution in [3.8, 4) is 0 Å². The van der Waals surface area contributed by atoms with Gasteiger partial charge in [-0.05, 0) is 39.7 Å². The summed E-state index contributed by atoms with van der Waals surface area (Å²) in [4.78, 5) is 1.40. The molecular formula is C17H17ClS. The summed E-state index contributed by atoms with van der Waals surface area (Å²) in [7, 11) is 5.48. The molecule has 0 N–H and O–H groups in total. The van der Waals surface area contributed by atoms with Crippen LogP contribution < -0.4 is 0 Å². The van der Waals surface area contributed by atoms with Crippen LogP contribution in [-0.2, 0) is 6.42 Å². The molecule has 19 heavy (non-hydrogen) atoms. The summed E-state index contributed by atoms with van der Waals surface area (Å²) in [6.07, 6.45) is 5.32. The number of halogens is 1. The summed E-state index contributed by atoms with van der Waals surface area (Å²) in [5.41, 5.74) is 5.39. The SMILES string of the molecule is CS(C)(Cl)C1=C(c2ccccc2)c2ccccc2C1. The van der Waals surface area contributed by atoms with Crippen molar-refractivity contribution in [2.45, 2.75) is 6.42 Å². The zero-order valence-electron chi connectivity index (χ0n) is 11.2. The smallest absolute Gasteiger partial charge is 0.00424 e. The Hall–Kier alpha value is -1.18. The molecule has 0 fully saturated rings. The minimum Gasteiger partial charge on any atom is -0.145 e. The maximum atomic E-state index is 6.70. The fraction of sp³-hybridized carbons (Fsp3) is 0.176. The van der Waals surface area contributed by atoms with Gasteiger partial charge in [-0.1, -0.05) is 65.3 Å². The maximum absolute atomic E-state index is 6.70. The summed E-state index contributed by atoms with van der Waals surface area (Å²) >= 11 is 0. The van der Waals surface area contributed by atoms with Crippen LogP contribution in [0.25, 0.3) is 5.57 Å². The first-order valence-electron chi connectivity index (χ1n) is 6.37. The van der Waals surface area contributed by atoms with E-state index in [4.69, 9.17) is 10.7 Å². The molecule has 0 radical (unpaired) electrons. The molecule has 0 unspecified atom stereocenters. The van der Waals surface area contributed by atoms with Gasteiger partial charge in [0.2, 0.25) is 0 Å². The molecule has 98 valence electrons. The average Bonchev–Trinajstić information content (AvgIpc) is 2.79. The lowest BCUT2D eigenvalue weighted by atomic mass is 9.99. The zero-order valence-corrected chi connectivity index (χ0v) is 12.8. The van der Waals surface area contributed by atoms with Gasteiger partial charge >= 0.3 is 0 Å². The summed E-state index contributed by atoms with van der Waals surface area (Å²) < 4.78 is 0. The Kier molecular flexibility index (Phi) is 3.20. The Morgan fingerprint density at radius 1 is 0.895 bits per heavy atom.